The van der Waals surface area contributed by atoms with Crippen LogP contribution in [0.15, 0.2) is 42.5 Å². The van der Waals surface area contributed by atoms with Gasteiger partial charge in [0.2, 0.25) is 0 Å². The van der Waals surface area contributed by atoms with E-state index in [0.717, 1.165) is 5.69 Å². The van der Waals surface area contributed by atoms with Gasteiger partial charge < -0.3 is 5.32 Å². The minimum Gasteiger partial charge on any atom is -0.306 e. The van der Waals surface area contributed by atoms with Gasteiger partial charge in [-0.05, 0) is 43.3 Å². The Morgan fingerprint density at radius 3 is 2.64 bits per heavy atom. The normalized spacial score (nSPS) is 10.7. The van der Waals surface area contributed by atoms with Crippen LogP contribution in [-0.4, -0.2) is 15.7 Å². The number of aromatic nitrogens is 2. The lowest BCUT2D eigenvalue weighted by Crippen LogP contribution is -2.13. The number of thiophene rings is 1. The van der Waals surface area contributed by atoms with Crippen molar-refractivity contribution < 1.29 is 9.18 Å². The Balaban J connectivity index is 1.91. The molecule has 0 fully saturated rings. The van der Waals surface area contributed by atoms with E-state index in [2.05, 4.69) is 10.4 Å². The number of rotatable bonds is 3. The molecule has 0 atom stereocenters. The van der Waals surface area contributed by atoms with Crippen molar-refractivity contribution in [2.24, 2.45) is 0 Å². The molecule has 1 N–H and O–H groups in total. The number of aryl methyl sites for hydroxylation is 1. The summed E-state index contributed by atoms with van der Waals surface area (Å²) in [5.41, 5.74) is 1.40. The van der Waals surface area contributed by atoms with E-state index in [1.165, 1.54) is 23.5 Å². The molecule has 0 aliphatic heterocycles. The third-order valence-corrected chi connectivity index (χ3v) is 4.17. The quantitative estimate of drug-likeness (QED) is 0.776. The van der Waals surface area contributed by atoms with Gasteiger partial charge in [0, 0.05) is 6.07 Å². The highest BCUT2D eigenvalue weighted by atomic mass is 35.5. The highest BCUT2D eigenvalue weighted by Crippen LogP contribution is 2.23. The summed E-state index contributed by atoms with van der Waals surface area (Å²) in [6.45, 7) is 1.82. The number of anilines is 1. The summed E-state index contributed by atoms with van der Waals surface area (Å²) in [5, 5.41) is 7.11. The van der Waals surface area contributed by atoms with Crippen molar-refractivity contribution in [2.75, 3.05) is 5.32 Å². The number of hydrogen-bond donors (Lipinski definition) is 1. The van der Waals surface area contributed by atoms with E-state index >= 15 is 0 Å². The molecular weight excluding hydrogens is 325 g/mol. The monoisotopic (exact) mass is 335 g/mol. The van der Waals surface area contributed by atoms with Crippen LogP contribution in [0.1, 0.15) is 15.4 Å². The molecule has 7 heteroatoms. The highest BCUT2D eigenvalue weighted by molar-refractivity contribution is 7.18. The molecule has 3 aromatic rings. The molecule has 0 radical (unpaired) electrons. The molecule has 1 amide bonds. The Morgan fingerprint density at radius 1 is 1.27 bits per heavy atom. The number of halogens is 2. The van der Waals surface area contributed by atoms with Gasteiger partial charge >= 0.3 is 0 Å². The summed E-state index contributed by atoms with van der Waals surface area (Å²) < 4.78 is 15.1. The molecule has 1 aromatic carbocycles. The van der Waals surface area contributed by atoms with Gasteiger partial charge in [0.15, 0.2) is 0 Å². The molecule has 0 aliphatic carbocycles. The van der Waals surface area contributed by atoms with Gasteiger partial charge in [-0.1, -0.05) is 11.6 Å². The van der Waals surface area contributed by atoms with E-state index in [0.29, 0.717) is 20.7 Å². The first-order valence-electron chi connectivity index (χ1n) is 6.42. The highest BCUT2D eigenvalue weighted by Gasteiger charge is 2.14. The standard InChI is InChI=1S/C15H11ClFN3OS/c1-9-8-14(18-15(21)12-6-7-13(16)22-12)20(19-9)11-4-2-10(17)3-5-11/h2-8H,1H3,(H,18,21). The van der Waals surface area contributed by atoms with Crippen LogP contribution in [0.5, 0.6) is 0 Å². The van der Waals surface area contributed by atoms with Crippen LogP contribution in [0.2, 0.25) is 4.34 Å². The first kappa shape index (κ1) is 14.7. The van der Waals surface area contributed by atoms with Crippen LogP contribution < -0.4 is 5.32 Å². The largest absolute Gasteiger partial charge is 0.306 e. The first-order chi connectivity index (χ1) is 10.5. The molecule has 4 nitrogen and oxygen atoms in total. The fraction of sp³-hybridized carbons (Fsp3) is 0.0667. The van der Waals surface area contributed by atoms with Gasteiger partial charge in [-0.3, -0.25) is 4.79 Å². The second kappa shape index (κ2) is 5.90. The lowest BCUT2D eigenvalue weighted by molar-refractivity contribution is 0.103. The molecule has 0 unspecified atom stereocenters. The zero-order valence-electron chi connectivity index (χ0n) is 11.5. The molecule has 3 rings (SSSR count). The third kappa shape index (κ3) is 3.03. The average molecular weight is 336 g/mol. The maximum absolute atomic E-state index is 13.0. The Bertz CT molecular complexity index is 826. The van der Waals surface area contributed by atoms with Crippen molar-refractivity contribution >= 4 is 34.7 Å². The molecule has 0 spiro atoms. The summed E-state index contributed by atoms with van der Waals surface area (Å²) in [4.78, 5) is 12.7. The second-order valence-electron chi connectivity index (χ2n) is 4.62. The molecule has 0 aliphatic rings. The van der Waals surface area contributed by atoms with Crippen molar-refractivity contribution in [3.8, 4) is 5.69 Å². The number of carbonyl (C=O) groups is 1. The minimum absolute atomic E-state index is 0.264. The first-order valence-corrected chi connectivity index (χ1v) is 7.62. The van der Waals surface area contributed by atoms with E-state index < -0.39 is 0 Å². The summed E-state index contributed by atoms with van der Waals surface area (Å²) in [6, 6.07) is 11.0. The third-order valence-electron chi connectivity index (χ3n) is 2.94. The molecule has 0 saturated heterocycles. The lowest BCUT2D eigenvalue weighted by atomic mass is 10.3. The zero-order valence-corrected chi connectivity index (χ0v) is 13.1. The Labute approximate surface area is 135 Å². The zero-order chi connectivity index (χ0) is 15.7. The molecule has 112 valence electrons. The van der Waals surface area contributed by atoms with Crippen LogP contribution in [0, 0.1) is 12.7 Å². The van der Waals surface area contributed by atoms with E-state index in [-0.39, 0.29) is 11.7 Å². The van der Waals surface area contributed by atoms with Crippen LogP contribution in [0.4, 0.5) is 10.2 Å². The fourth-order valence-electron chi connectivity index (χ4n) is 1.98. The molecule has 2 aromatic heterocycles. The predicted octanol–water partition coefficient (Wildman–Crippen LogP) is 4.29. The topological polar surface area (TPSA) is 46.9 Å². The van der Waals surface area contributed by atoms with Crippen molar-refractivity contribution in [2.45, 2.75) is 6.92 Å². The second-order valence-corrected chi connectivity index (χ2v) is 6.33. The average Bonchev–Trinajstić information content (AvgIpc) is 3.06. The Hall–Kier alpha value is -2.18. The summed E-state index contributed by atoms with van der Waals surface area (Å²) in [7, 11) is 0. The van der Waals surface area contributed by atoms with E-state index in [1.807, 2.05) is 6.92 Å². The smallest absolute Gasteiger partial charge is 0.266 e. The number of nitrogens with one attached hydrogen (secondary N) is 1. The number of amides is 1. The van der Waals surface area contributed by atoms with Crippen molar-refractivity contribution in [1.82, 2.24) is 9.78 Å². The van der Waals surface area contributed by atoms with Crippen molar-refractivity contribution in [3.05, 3.63) is 63.2 Å². The maximum atomic E-state index is 13.0. The summed E-state index contributed by atoms with van der Waals surface area (Å²) in [6.07, 6.45) is 0. The molecular formula is C15H11ClFN3OS. The molecule has 0 bridgehead atoms. The maximum Gasteiger partial charge on any atom is 0.266 e. The number of nitrogens with zero attached hydrogens (tertiary/aromatic N) is 2. The van der Waals surface area contributed by atoms with Crippen molar-refractivity contribution in [3.63, 3.8) is 0 Å². The Kier molecular flexibility index (Phi) is 3.96. The van der Waals surface area contributed by atoms with Gasteiger partial charge in [-0.25, -0.2) is 9.07 Å². The van der Waals surface area contributed by atoms with E-state index in [4.69, 9.17) is 11.6 Å². The molecule has 22 heavy (non-hydrogen) atoms. The molecule has 2 heterocycles. The number of carbonyl (C=O) groups excluding carboxylic acids is 1. The van der Waals surface area contributed by atoms with Gasteiger partial charge in [0.05, 0.1) is 20.6 Å². The van der Waals surface area contributed by atoms with Gasteiger partial charge in [0.25, 0.3) is 5.91 Å². The van der Waals surface area contributed by atoms with E-state index in [1.54, 1.807) is 35.0 Å². The Morgan fingerprint density at radius 2 is 2.00 bits per heavy atom. The number of hydrogen-bond acceptors (Lipinski definition) is 3. The van der Waals surface area contributed by atoms with Gasteiger partial charge in [0.1, 0.15) is 11.6 Å². The van der Waals surface area contributed by atoms with Crippen LogP contribution >= 0.6 is 22.9 Å². The molecule has 0 saturated carbocycles. The fourth-order valence-corrected chi connectivity index (χ4v) is 2.92. The van der Waals surface area contributed by atoms with Crippen LogP contribution in [0.25, 0.3) is 5.69 Å². The van der Waals surface area contributed by atoms with Gasteiger partial charge in [-0.15, -0.1) is 11.3 Å². The summed E-state index contributed by atoms with van der Waals surface area (Å²) >= 11 is 7.04. The predicted molar refractivity (Wildman–Crippen MR) is 85.5 cm³/mol. The van der Waals surface area contributed by atoms with E-state index in [9.17, 15) is 9.18 Å². The summed E-state index contributed by atoms with van der Waals surface area (Å²) in [5.74, 6) is -0.0785. The van der Waals surface area contributed by atoms with Crippen molar-refractivity contribution in [1.29, 1.82) is 0 Å². The number of benzene rings is 1. The minimum atomic E-state index is -0.327. The van der Waals surface area contributed by atoms with Crippen LogP contribution in [0.3, 0.4) is 0 Å². The lowest BCUT2D eigenvalue weighted by Gasteiger charge is -2.08. The van der Waals surface area contributed by atoms with Gasteiger partial charge in [-0.2, -0.15) is 5.10 Å². The SMILES string of the molecule is Cc1cc(NC(=O)c2ccc(Cl)s2)n(-c2ccc(F)cc2)n1. The van der Waals surface area contributed by atoms with Crippen LogP contribution in [-0.2, 0) is 0 Å².